The molecule has 0 unspecified atom stereocenters. The van der Waals surface area contributed by atoms with Crippen molar-refractivity contribution in [3.8, 4) is 0 Å². The van der Waals surface area contributed by atoms with Gasteiger partial charge in [0.05, 0.1) is 11.9 Å². The Morgan fingerprint density at radius 3 is 2.68 bits per heavy atom. The molecule has 0 radical (unpaired) electrons. The van der Waals surface area contributed by atoms with Crippen molar-refractivity contribution in [3.05, 3.63) is 12.4 Å². The maximum Gasteiger partial charge on any atom is 0.329 e. The number of hydrogen-bond acceptors (Lipinski definition) is 3. The number of aromatic nitrogens is 2. The second-order valence-electron chi connectivity index (χ2n) is 4.76. The summed E-state index contributed by atoms with van der Waals surface area (Å²) in [6.45, 7) is 2.65. The summed E-state index contributed by atoms with van der Waals surface area (Å²) in [4.78, 5) is 23.2. The van der Waals surface area contributed by atoms with Gasteiger partial charge in [0.2, 0.25) is 0 Å². The number of carboxylic acid groups (broad SMARTS) is 1. The van der Waals surface area contributed by atoms with Crippen LogP contribution in [-0.2, 0) is 11.3 Å². The molecule has 0 aromatic carbocycles. The van der Waals surface area contributed by atoms with E-state index in [-0.39, 0.29) is 0 Å². The highest BCUT2D eigenvalue weighted by Gasteiger charge is 2.42. The van der Waals surface area contributed by atoms with Gasteiger partial charge in [-0.3, -0.25) is 4.68 Å². The predicted octanol–water partition coefficient (Wildman–Crippen LogP) is 1.42. The number of carbonyl (C=O) groups is 2. The van der Waals surface area contributed by atoms with Crippen LogP contribution in [0.4, 0.5) is 10.5 Å². The largest absolute Gasteiger partial charge is 0.480 e. The fraction of sp³-hybridized carbons (Fsp3) is 0.583. The monoisotopic (exact) mass is 266 g/mol. The number of amides is 2. The first kappa shape index (κ1) is 13.4. The molecule has 2 amide bonds. The Bertz CT molecular complexity index is 477. The van der Waals surface area contributed by atoms with Crippen molar-refractivity contribution in [1.29, 1.82) is 0 Å². The van der Waals surface area contributed by atoms with Crippen LogP contribution in [0.3, 0.4) is 0 Å². The topological polar surface area (TPSA) is 96.2 Å². The van der Waals surface area contributed by atoms with E-state index in [1.807, 2.05) is 6.92 Å². The van der Waals surface area contributed by atoms with Gasteiger partial charge in [-0.2, -0.15) is 5.10 Å². The molecule has 0 aliphatic heterocycles. The molecule has 0 bridgehead atoms. The van der Waals surface area contributed by atoms with E-state index in [0.29, 0.717) is 25.1 Å². The Morgan fingerprint density at radius 2 is 2.16 bits per heavy atom. The molecule has 1 aromatic rings. The van der Waals surface area contributed by atoms with Gasteiger partial charge in [0, 0.05) is 12.7 Å². The summed E-state index contributed by atoms with van der Waals surface area (Å²) in [5, 5.41) is 18.5. The second kappa shape index (κ2) is 5.29. The Labute approximate surface area is 111 Å². The molecule has 1 aliphatic carbocycles. The highest BCUT2D eigenvalue weighted by atomic mass is 16.4. The Balaban J connectivity index is 1.98. The lowest BCUT2D eigenvalue weighted by Gasteiger charge is -2.25. The zero-order valence-electron chi connectivity index (χ0n) is 10.8. The van der Waals surface area contributed by atoms with Crippen LogP contribution in [0.1, 0.15) is 32.6 Å². The number of carboxylic acids is 1. The summed E-state index contributed by atoms with van der Waals surface area (Å²) in [6, 6.07) is -0.500. The van der Waals surface area contributed by atoms with Crippen LogP contribution in [0.25, 0.3) is 0 Å². The minimum Gasteiger partial charge on any atom is -0.480 e. The smallest absolute Gasteiger partial charge is 0.329 e. The van der Waals surface area contributed by atoms with E-state index in [4.69, 9.17) is 0 Å². The molecule has 19 heavy (non-hydrogen) atoms. The van der Waals surface area contributed by atoms with Crippen LogP contribution in [0, 0.1) is 0 Å². The number of aryl methyl sites for hydroxylation is 1. The van der Waals surface area contributed by atoms with Crippen molar-refractivity contribution in [2.24, 2.45) is 0 Å². The maximum absolute atomic E-state index is 11.9. The number of nitrogens with one attached hydrogen (secondary N) is 2. The molecule has 1 fully saturated rings. The van der Waals surface area contributed by atoms with E-state index in [1.54, 1.807) is 10.9 Å². The van der Waals surface area contributed by atoms with Gasteiger partial charge in [-0.25, -0.2) is 9.59 Å². The number of nitrogens with zero attached hydrogens (tertiary/aromatic N) is 2. The lowest BCUT2D eigenvalue weighted by Crippen LogP contribution is -2.53. The van der Waals surface area contributed by atoms with Crippen molar-refractivity contribution in [1.82, 2.24) is 15.1 Å². The lowest BCUT2D eigenvalue weighted by molar-refractivity contribution is -0.144. The van der Waals surface area contributed by atoms with E-state index in [2.05, 4.69) is 15.7 Å². The Kier molecular flexibility index (Phi) is 3.73. The normalized spacial score (nSPS) is 17.1. The van der Waals surface area contributed by atoms with Gasteiger partial charge < -0.3 is 15.7 Å². The second-order valence-corrected chi connectivity index (χ2v) is 4.76. The standard InChI is InChI=1S/C12H18N4O3/c1-2-16-8-9(7-13-16)14-11(19)15-12(10(17)18)5-3-4-6-12/h7-8H,2-6H2,1H3,(H,17,18)(H2,14,15,19). The molecule has 1 heterocycles. The molecule has 104 valence electrons. The van der Waals surface area contributed by atoms with Crippen LogP contribution < -0.4 is 10.6 Å². The molecule has 2 rings (SSSR count). The maximum atomic E-state index is 11.9. The number of aliphatic carboxylic acids is 1. The number of anilines is 1. The molecule has 7 nitrogen and oxygen atoms in total. The fourth-order valence-electron chi connectivity index (χ4n) is 2.35. The van der Waals surface area contributed by atoms with Crippen LogP contribution in [0.2, 0.25) is 0 Å². The molecule has 0 atom stereocenters. The van der Waals surface area contributed by atoms with Gasteiger partial charge in [0.1, 0.15) is 5.54 Å². The SMILES string of the molecule is CCn1cc(NC(=O)NC2(C(=O)O)CCCC2)cn1. The highest BCUT2D eigenvalue weighted by Crippen LogP contribution is 2.29. The number of carbonyl (C=O) groups excluding carboxylic acids is 1. The van der Waals surface area contributed by atoms with Crippen molar-refractivity contribution in [3.63, 3.8) is 0 Å². The van der Waals surface area contributed by atoms with Gasteiger partial charge in [0.15, 0.2) is 0 Å². The first-order valence-corrected chi connectivity index (χ1v) is 6.41. The summed E-state index contributed by atoms with van der Waals surface area (Å²) >= 11 is 0. The molecule has 1 aliphatic rings. The van der Waals surface area contributed by atoms with E-state index in [9.17, 15) is 14.7 Å². The summed E-state index contributed by atoms with van der Waals surface area (Å²) in [5.74, 6) is -0.968. The molecule has 1 saturated carbocycles. The predicted molar refractivity (Wildman–Crippen MR) is 68.9 cm³/mol. The van der Waals surface area contributed by atoms with Gasteiger partial charge >= 0.3 is 12.0 Å². The van der Waals surface area contributed by atoms with Crippen molar-refractivity contribution < 1.29 is 14.7 Å². The van der Waals surface area contributed by atoms with E-state index in [0.717, 1.165) is 12.8 Å². The summed E-state index contributed by atoms with van der Waals surface area (Å²) in [6.07, 6.45) is 5.82. The molecular weight excluding hydrogens is 248 g/mol. The van der Waals surface area contributed by atoms with E-state index < -0.39 is 17.5 Å². The Hall–Kier alpha value is -2.05. The zero-order valence-corrected chi connectivity index (χ0v) is 10.8. The van der Waals surface area contributed by atoms with Crippen molar-refractivity contribution in [2.45, 2.75) is 44.7 Å². The first-order chi connectivity index (χ1) is 9.05. The van der Waals surface area contributed by atoms with Crippen LogP contribution >= 0.6 is 0 Å². The van der Waals surface area contributed by atoms with Crippen LogP contribution in [0.5, 0.6) is 0 Å². The fourth-order valence-corrected chi connectivity index (χ4v) is 2.35. The van der Waals surface area contributed by atoms with Gasteiger partial charge in [0.25, 0.3) is 0 Å². The zero-order chi connectivity index (χ0) is 13.9. The van der Waals surface area contributed by atoms with Crippen molar-refractivity contribution >= 4 is 17.7 Å². The average molecular weight is 266 g/mol. The summed E-state index contributed by atoms with van der Waals surface area (Å²) in [5.41, 5.74) is -0.567. The molecule has 0 saturated heterocycles. The lowest BCUT2D eigenvalue weighted by atomic mass is 9.98. The first-order valence-electron chi connectivity index (χ1n) is 6.41. The number of rotatable bonds is 4. The summed E-state index contributed by atoms with van der Waals surface area (Å²) < 4.78 is 1.68. The van der Waals surface area contributed by atoms with Crippen LogP contribution in [0.15, 0.2) is 12.4 Å². The van der Waals surface area contributed by atoms with Gasteiger partial charge in [-0.05, 0) is 19.8 Å². The molecule has 3 N–H and O–H groups in total. The minimum absolute atomic E-state index is 0.476. The molecule has 0 spiro atoms. The third-order valence-electron chi connectivity index (χ3n) is 3.43. The molecule has 1 aromatic heterocycles. The average Bonchev–Trinajstić information content (AvgIpc) is 2.98. The molecular formula is C12H18N4O3. The van der Waals surface area contributed by atoms with Gasteiger partial charge in [-0.1, -0.05) is 12.8 Å². The highest BCUT2D eigenvalue weighted by molar-refractivity contribution is 5.93. The third-order valence-corrected chi connectivity index (χ3v) is 3.43. The van der Waals surface area contributed by atoms with Crippen molar-refractivity contribution in [2.75, 3.05) is 5.32 Å². The van der Waals surface area contributed by atoms with Crippen LogP contribution in [-0.4, -0.2) is 32.4 Å². The number of hydrogen-bond donors (Lipinski definition) is 3. The third kappa shape index (κ3) is 2.86. The summed E-state index contributed by atoms with van der Waals surface area (Å²) in [7, 11) is 0. The van der Waals surface area contributed by atoms with Gasteiger partial charge in [-0.15, -0.1) is 0 Å². The number of urea groups is 1. The quantitative estimate of drug-likeness (QED) is 0.768. The van der Waals surface area contributed by atoms with E-state index >= 15 is 0 Å². The Morgan fingerprint density at radius 1 is 1.47 bits per heavy atom. The molecule has 7 heteroatoms. The minimum atomic E-state index is -1.12. The van der Waals surface area contributed by atoms with E-state index in [1.165, 1.54) is 6.20 Å².